The average Bonchev–Trinajstić information content (AvgIpc) is 3.61. The summed E-state index contributed by atoms with van der Waals surface area (Å²) in [4.78, 5) is 4.92. The molecule has 366 valence electrons. The largest absolute Gasteiger partial charge is 0.457 e. The van der Waals surface area contributed by atoms with E-state index in [1.54, 1.807) is 0 Å². The molecule has 0 bridgehead atoms. The first-order valence-corrected chi connectivity index (χ1v) is 26.8. The SMILES string of the molecule is c1ccc(-c2ccc3c(c2)C2(c4ccccc4Oc4ccccc42)c2ccccc2N3c2ccc(-c3ccc4c(c3)C3(c5ccccc5Oc5ccccc53)c3cc(-c5ccccc5)ccc3N4c3ccccc3)cc2)cc1. The van der Waals surface area contributed by atoms with Gasteiger partial charge >= 0.3 is 0 Å². The van der Waals surface area contributed by atoms with E-state index in [0.29, 0.717) is 0 Å². The summed E-state index contributed by atoms with van der Waals surface area (Å²) in [6.07, 6.45) is 0. The molecule has 4 heterocycles. The van der Waals surface area contributed by atoms with Crippen molar-refractivity contribution in [2.75, 3.05) is 9.80 Å². The van der Waals surface area contributed by atoms with Crippen LogP contribution in [0.3, 0.4) is 0 Å². The second-order valence-corrected chi connectivity index (χ2v) is 20.7. The van der Waals surface area contributed by atoms with Gasteiger partial charge in [-0.3, -0.25) is 0 Å². The van der Waals surface area contributed by atoms with E-state index in [9.17, 15) is 0 Å². The molecular weight excluding hydrogens is 949 g/mol. The fourth-order valence-electron chi connectivity index (χ4n) is 13.5. The van der Waals surface area contributed by atoms with Crippen LogP contribution in [0.1, 0.15) is 44.5 Å². The van der Waals surface area contributed by atoms with Gasteiger partial charge in [-0.25, -0.2) is 0 Å². The van der Waals surface area contributed by atoms with E-state index >= 15 is 0 Å². The zero-order valence-corrected chi connectivity index (χ0v) is 42.4. The summed E-state index contributed by atoms with van der Waals surface area (Å²) in [6.45, 7) is 0. The number of nitrogens with zero attached hydrogens (tertiary/aromatic N) is 2. The van der Waals surface area contributed by atoms with Gasteiger partial charge in [-0.1, -0.05) is 200 Å². The third-order valence-electron chi connectivity index (χ3n) is 16.8. The number of fused-ring (bicyclic) bond motifs is 16. The highest BCUT2D eigenvalue weighted by Crippen LogP contribution is 2.65. The lowest BCUT2D eigenvalue weighted by molar-refractivity contribution is 0.434. The standard InChI is InChI=1S/C74H48N2O2/c1-4-20-49(21-5-1)52-38-43-66-62(46-52)73(58-27-11-16-32-69(58)77-70-33-17-12-28-59(70)73)57-26-10-15-31-65(57)76(66)56-41-36-51(37-42-56)54-40-45-68-64(48-54)74(60-29-13-18-34-71(60)78-72-35-19-14-30-61(72)74)63-47-53(50-22-6-2-7-23-50)39-44-67(63)75(68)55-24-8-3-9-25-55/h1-48H. The molecule has 0 aliphatic carbocycles. The molecule has 78 heavy (non-hydrogen) atoms. The Balaban J connectivity index is 0.905. The summed E-state index contributed by atoms with van der Waals surface area (Å²) in [7, 11) is 0. The van der Waals surface area contributed by atoms with Crippen molar-refractivity contribution >= 4 is 34.1 Å². The lowest BCUT2D eigenvalue weighted by atomic mass is 9.60. The van der Waals surface area contributed by atoms with Crippen LogP contribution < -0.4 is 19.3 Å². The van der Waals surface area contributed by atoms with Crippen molar-refractivity contribution in [1.82, 2.24) is 0 Å². The zero-order valence-electron chi connectivity index (χ0n) is 42.4. The quantitative estimate of drug-likeness (QED) is 0.172. The van der Waals surface area contributed by atoms with Crippen molar-refractivity contribution in [1.29, 1.82) is 0 Å². The third kappa shape index (κ3) is 6.29. The summed E-state index contributed by atoms with van der Waals surface area (Å²) in [5.41, 5.74) is 21.4. The highest BCUT2D eigenvalue weighted by Gasteiger charge is 2.53. The van der Waals surface area contributed by atoms with Gasteiger partial charge in [0.2, 0.25) is 0 Å². The van der Waals surface area contributed by atoms with E-state index in [0.717, 1.165) is 102 Å². The Morgan fingerprint density at radius 2 is 0.487 bits per heavy atom. The smallest absolute Gasteiger partial charge is 0.132 e. The second kappa shape index (κ2) is 17.2. The lowest BCUT2D eigenvalue weighted by Gasteiger charge is -2.49. The molecule has 4 nitrogen and oxygen atoms in total. The van der Waals surface area contributed by atoms with E-state index in [1.807, 2.05) is 0 Å². The Hall–Kier alpha value is -10.2. The molecule has 0 radical (unpaired) electrons. The monoisotopic (exact) mass is 996 g/mol. The van der Waals surface area contributed by atoms with Crippen molar-refractivity contribution < 1.29 is 9.47 Å². The Morgan fingerprint density at radius 1 is 0.205 bits per heavy atom. The summed E-state index contributed by atoms with van der Waals surface area (Å²) < 4.78 is 13.6. The molecule has 0 atom stereocenters. The molecule has 12 aromatic rings. The molecule has 0 saturated heterocycles. The van der Waals surface area contributed by atoms with Gasteiger partial charge in [0.05, 0.1) is 33.6 Å². The maximum Gasteiger partial charge on any atom is 0.132 e. The highest BCUT2D eigenvalue weighted by molar-refractivity contribution is 5.95. The predicted octanol–water partition coefficient (Wildman–Crippen LogP) is 19.2. The zero-order chi connectivity index (χ0) is 51.4. The number of rotatable bonds is 5. The van der Waals surface area contributed by atoms with Gasteiger partial charge < -0.3 is 19.3 Å². The average molecular weight is 997 g/mol. The van der Waals surface area contributed by atoms with Gasteiger partial charge in [-0.15, -0.1) is 0 Å². The molecule has 0 amide bonds. The summed E-state index contributed by atoms with van der Waals surface area (Å²) in [6, 6.07) is 106. The van der Waals surface area contributed by atoms with Crippen molar-refractivity contribution in [2.45, 2.75) is 10.8 Å². The van der Waals surface area contributed by atoms with Crippen LogP contribution in [-0.4, -0.2) is 0 Å². The molecule has 2 spiro atoms. The number of hydrogen-bond acceptors (Lipinski definition) is 4. The fourth-order valence-corrected chi connectivity index (χ4v) is 13.5. The van der Waals surface area contributed by atoms with E-state index < -0.39 is 10.8 Å². The second-order valence-electron chi connectivity index (χ2n) is 20.7. The first kappa shape index (κ1) is 44.2. The van der Waals surface area contributed by atoms with Gasteiger partial charge in [-0.05, 0) is 147 Å². The van der Waals surface area contributed by atoms with E-state index in [1.165, 1.54) is 33.4 Å². The molecule has 0 N–H and O–H groups in total. The van der Waals surface area contributed by atoms with Crippen LogP contribution in [0.25, 0.3) is 33.4 Å². The van der Waals surface area contributed by atoms with Crippen LogP contribution in [0, 0.1) is 0 Å². The molecule has 0 fully saturated rings. The molecule has 4 aliphatic rings. The Morgan fingerprint density at radius 3 is 0.897 bits per heavy atom. The van der Waals surface area contributed by atoms with Crippen LogP contribution in [0.15, 0.2) is 291 Å². The normalized spacial score (nSPS) is 14.3. The Labute approximate surface area is 454 Å². The molecule has 0 aromatic heterocycles. The molecule has 4 aliphatic heterocycles. The molecule has 0 unspecified atom stereocenters. The van der Waals surface area contributed by atoms with E-state index in [4.69, 9.17) is 9.47 Å². The summed E-state index contributed by atoms with van der Waals surface area (Å²) >= 11 is 0. The van der Waals surface area contributed by atoms with Gasteiger partial charge in [0.15, 0.2) is 0 Å². The first-order valence-electron chi connectivity index (χ1n) is 26.8. The number of para-hydroxylation sites is 6. The molecule has 0 saturated carbocycles. The molecule has 12 aromatic carbocycles. The molecule has 4 heteroatoms. The van der Waals surface area contributed by atoms with Gasteiger partial charge in [0, 0.05) is 33.6 Å². The van der Waals surface area contributed by atoms with Crippen LogP contribution in [0.4, 0.5) is 34.1 Å². The Bertz CT molecular complexity index is 4250. The van der Waals surface area contributed by atoms with Crippen molar-refractivity contribution in [3.05, 3.63) is 336 Å². The van der Waals surface area contributed by atoms with Crippen LogP contribution >= 0.6 is 0 Å². The minimum absolute atomic E-state index is 0.673. The van der Waals surface area contributed by atoms with Gasteiger partial charge in [-0.2, -0.15) is 0 Å². The summed E-state index contributed by atoms with van der Waals surface area (Å²) in [5.74, 6) is 3.44. The van der Waals surface area contributed by atoms with Crippen LogP contribution in [-0.2, 0) is 10.8 Å². The highest BCUT2D eigenvalue weighted by atomic mass is 16.5. The third-order valence-corrected chi connectivity index (χ3v) is 16.8. The minimum Gasteiger partial charge on any atom is -0.457 e. The first-order chi connectivity index (χ1) is 38.7. The van der Waals surface area contributed by atoms with Crippen LogP contribution in [0.5, 0.6) is 23.0 Å². The maximum absolute atomic E-state index is 6.87. The van der Waals surface area contributed by atoms with E-state index in [-0.39, 0.29) is 0 Å². The fraction of sp³-hybridized carbons (Fsp3) is 0.0270. The van der Waals surface area contributed by atoms with Gasteiger partial charge in [0.1, 0.15) is 23.0 Å². The number of hydrogen-bond donors (Lipinski definition) is 0. The molecular formula is C74H48N2O2. The van der Waals surface area contributed by atoms with Crippen LogP contribution in [0.2, 0.25) is 0 Å². The van der Waals surface area contributed by atoms with Crippen molar-refractivity contribution in [2.24, 2.45) is 0 Å². The van der Waals surface area contributed by atoms with Crippen molar-refractivity contribution in [3.63, 3.8) is 0 Å². The topological polar surface area (TPSA) is 24.9 Å². The number of anilines is 6. The maximum atomic E-state index is 6.87. The summed E-state index contributed by atoms with van der Waals surface area (Å²) in [5, 5.41) is 0. The Kier molecular flexibility index (Phi) is 9.73. The number of ether oxygens (including phenoxy) is 2. The lowest BCUT2D eigenvalue weighted by Crippen LogP contribution is -2.39. The van der Waals surface area contributed by atoms with Gasteiger partial charge in [0.25, 0.3) is 0 Å². The van der Waals surface area contributed by atoms with Crippen molar-refractivity contribution in [3.8, 4) is 56.4 Å². The minimum atomic E-state index is -0.751. The predicted molar refractivity (Wildman–Crippen MR) is 316 cm³/mol. The number of benzene rings is 12. The molecule has 16 rings (SSSR count). The van der Waals surface area contributed by atoms with E-state index in [2.05, 4.69) is 301 Å².